The SMILES string of the molecule is COCCNC(=O)[C@@H](C)Sc1nnnn1C[C@H]1CCCO1. The Morgan fingerprint density at radius 1 is 1.67 bits per heavy atom. The lowest BCUT2D eigenvalue weighted by Crippen LogP contribution is -2.33. The first-order chi connectivity index (χ1) is 10.2. The number of nitrogens with zero attached hydrogens (tertiary/aromatic N) is 4. The summed E-state index contributed by atoms with van der Waals surface area (Å²) in [5, 5.41) is 14.8. The van der Waals surface area contributed by atoms with Crippen LogP contribution in [0.4, 0.5) is 0 Å². The second kappa shape index (κ2) is 8.30. The van der Waals surface area contributed by atoms with E-state index in [9.17, 15) is 4.79 Å². The zero-order valence-electron chi connectivity index (χ0n) is 12.3. The van der Waals surface area contributed by atoms with Crippen molar-refractivity contribution < 1.29 is 14.3 Å². The van der Waals surface area contributed by atoms with Gasteiger partial charge in [-0.15, -0.1) is 5.10 Å². The van der Waals surface area contributed by atoms with E-state index in [2.05, 4.69) is 20.8 Å². The molecule has 0 radical (unpaired) electrons. The minimum atomic E-state index is -0.267. The van der Waals surface area contributed by atoms with E-state index >= 15 is 0 Å². The lowest BCUT2D eigenvalue weighted by atomic mass is 10.2. The van der Waals surface area contributed by atoms with Crippen LogP contribution in [0.1, 0.15) is 19.8 Å². The van der Waals surface area contributed by atoms with E-state index < -0.39 is 0 Å². The Balaban J connectivity index is 1.84. The van der Waals surface area contributed by atoms with Gasteiger partial charge in [0.15, 0.2) is 0 Å². The number of hydrogen-bond acceptors (Lipinski definition) is 7. The van der Waals surface area contributed by atoms with Gasteiger partial charge in [-0.25, -0.2) is 4.68 Å². The van der Waals surface area contributed by atoms with E-state index in [1.165, 1.54) is 11.8 Å². The van der Waals surface area contributed by atoms with Crippen molar-refractivity contribution in [3.63, 3.8) is 0 Å². The van der Waals surface area contributed by atoms with Crippen LogP contribution in [0.5, 0.6) is 0 Å². The summed E-state index contributed by atoms with van der Waals surface area (Å²) in [5.41, 5.74) is 0. The average molecular weight is 315 g/mol. The molecule has 0 spiro atoms. The van der Waals surface area contributed by atoms with Crippen LogP contribution in [0.25, 0.3) is 0 Å². The third-order valence-corrected chi connectivity index (χ3v) is 4.23. The molecule has 0 aromatic carbocycles. The molecule has 1 saturated heterocycles. The minimum Gasteiger partial charge on any atom is -0.383 e. The summed E-state index contributed by atoms with van der Waals surface area (Å²) < 4.78 is 12.2. The number of ether oxygens (including phenoxy) is 2. The largest absolute Gasteiger partial charge is 0.383 e. The molecule has 0 unspecified atom stereocenters. The van der Waals surface area contributed by atoms with Gasteiger partial charge < -0.3 is 14.8 Å². The molecular weight excluding hydrogens is 294 g/mol. The highest BCUT2D eigenvalue weighted by molar-refractivity contribution is 8.00. The maximum absolute atomic E-state index is 11.9. The number of aromatic nitrogens is 4. The van der Waals surface area contributed by atoms with Gasteiger partial charge in [0.25, 0.3) is 0 Å². The number of thioether (sulfide) groups is 1. The van der Waals surface area contributed by atoms with E-state index in [-0.39, 0.29) is 17.3 Å². The van der Waals surface area contributed by atoms with Crippen LogP contribution in [0.3, 0.4) is 0 Å². The molecule has 1 aromatic heterocycles. The van der Waals surface area contributed by atoms with Gasteiger partial charge >= 0.3 is 0 Å². The Morgan fingerprint density at radius 2 is 2.52 bits per heavy atom. The van der Waals surface area contributed by atoms with E-state index in [0.29, 0.717) is 24.9 Å². The fraction of sp³-hybridized carbons (Fsp3) is 0.833. The molecule has 2 atom stereocenters. The third-order valence-electron chi connectivity index (χ3n) is 3.16. The summed E-state index contributed by atoms with van der Waals surface area (Å²) >= 11 is 1.34. The molecule has 9 heteroatoms. The quantitative estimate of drug-likeness (QED) is 0.537. The van der Waals surface area contributed by atoms with Crippen molar-refractivity contribution in [2.45, 2.75) is 42.8 Å². The summed E-state index contributed by atoms with van der Waals surface area (Å²) in [6.07, 6.45) is 2.27. The van der Waals surface area contributed by atoms with Gasteiger partial charge in [0.2, 0.25) is 11.1 Å². The van der Waals surface area contributed by atoms with Crippen LogP contribution < -0.4 is 5.32 Å². The molecule has 0 bridgehead atoms. The first-order valence-electron chi connectivity index (χ1n) is 7.01. The van der Waals surface area contributed by atoms with Gasteiger partial charge in [0.1, 0.15) is 0 Å². The standard InChI is InChI=1S/C12H21N5O3S/c1-9(11(18)13-5-7-19-2)21-12-14-15-16-17(12)8-10-4-3-6-20-10/h9-10H,3-8H2,1-2H3,(H,13,18)/t9-,10-/m1/s1. The molecule has 2 rings (SSSR count). The zero-order valence-corrected chi connectivity index (χ0v) is 13.1. The number of carbonyl (C=O) groups excluding carboxylic acids is 1. The first kappa shape index (κ1) is 16.2. The highest BCUT2D eigenvalue weighted by atomic mass is 32.2. The number of hydrogen-bond donors (Lipinski definition) is 1. The van der Waals surface area contributed by atoms with Crippen LogP contribution >= 0.6 is 11.8 Å². The van der Waals surface area contributed by atoms with Crippen molar-refractivity contribution in [2.24, 2.45) is 0 Å². The monoisotopic (exact) mass is 315 g/mol. The molecule has 8 nitrogen and oxygen atoms in total. The number of rotatable bonds is 8. The second-order valence-corrected chi connectivity index (χ2v) is 6.13. The van der Waals surface area contributed by atoms with E-state index in [1.54, 1.807) is 11.8 Å². The van der Waals surface area contributed by atoms with Gasteiger partial charge in [-0.2, -0.15) is 0 Å². The molecule has 21 heavy (non-hydrogen) atoms. The topological polar surface area (TPSA) is 91.2 Å². The lowest BCUT2D eigenvalue weighted by Gasteiger charge is -2.13. The molecule has 1 fully saturated rings. The van der Waals surface area contributed by atoms with Crippen LogP contribution in [-0.4, -0.2) is 64.3 Å². The van der Waals surface area contributed by atoms with Gasteiger partial charge in [-0.1, -0.05) is 11.8 Å². The van der Waals surface area contributed by atoms with Gasteiger partial charge in [0.05, 0.1) is 24.5 Å². The number of amides is 1. The predicted molar refractivity (Wildman–Crippen MR) is 77.0 cm³/mol. The highest BCUT2D eigenvalue weighted by Gasteiger charge is 2.22. The number of nitrogens with one attached hydrogen (secondary N) is 1. The summed E-state index contributed by atoms with van der Waals surface area (Å²) in [4.78, 5) is 11.9. The van der Waals surface area contributed by atoms with E-state index in [1.807, 2.05) is 6.92 Å². The highest BCUT2D eigenvalue weighted by Crippen LogP contribution is 2.22. The molecule has 118 valence electrons. The van der Waals surface area contributed by atoms with Crippen molar-refractivity contribution in [1.29, 1.82) is 0 Å². The predicted octanol–water partition coefficient (Wildman–Crippen LogP) is 0.0953. The molecule has 1 aliphatic rings. The molecule has 0 aliphatic carbocycles. The van der Waals surface area contributed by atoms with Crippen LogP contribution in [0.2, 0.25) is 0 Å². The molecule has 1 amide bonds. The normalized spacial score (nSPS) is 19.6. The minimum absolute atomic E-state index is 0.0521. The fourth-order valence-electron chi connectivity index (χ4n) is 2.01. The zero-order chi connectivity index (χ0) is 15.1. The Bertz CT molecular complexity index is 450. The third kappa shape index (κ3) is 4.94. The van der Waals surface area contributed by atoms with Gasteiger partial charge in [-0.3, -0.25) is 4.79 Å². The van der Waals surface area contributed by atoms with Crippen LogP contribution in [0, 0.1) is 0 Å². The number of methoxy groups -OCH3 is 1. The Labute approximate surface area is 127 Å². The Hall–Kier alpha value is -1.19. The van der Waals surface area contributed by atoms with Crippen molar-refractivity contribution in [3.05, 3.63) is 0 Å². The lowest BCUT2D eigenvalue weighted by molar-refractivity contribution is -0.120. The van der Waals surface area contributed by atoms with Gasteiger partial charge in [-0.05, 0) is 30.2 Å². The maximum Gasteiger partial charge on any atom is 0.233 e. The average Bonchev–Trinajstić information content (AvgIpc) is 3.12. The van der Waals surface area contributed by atoms with Crippen molar-refractivity contribution in [1.82, 2.24) is 25.5 Å². The Kier molecular flexibility index (Phi) is 6.40. The van der Waals surface area contributed by atoms with Gasteiger partial charge in [0, 0.05) is 20.3 Å². The van der Waals surface area contributed by atoms with Crippen molar-refractivity contribution >= 4 is 17.7 Å². The van der Waals surface area contributed by atoms with Crippen LogP contribution in [0.15, 0.2) is 5.16 Å². The smallest absolute Gasteiger partial charge is 0.233 e. The maximum atomic E-state index is 11.9. The van der Waals surface area contributed by atoms with Crippen molar-refractivity contribution in [3.8, 4) is 0 Å². The summed E-state index contributed by atoms with van der Waals surface area (Å²) in [6.45, 7) is 4.26. The second-order valence-electron chi connectivity index (χ2n) is 4.82. The summed E-state index contributed by atoms with van der Waals surface area (Å²) in [6, 6.07) is 0. The van der Waals surface area contributed by atoms with Crippen LogP contribution in [-0.2, 0) is 20.8 Å². The van der Waals surface area contributed by atoms with E-state index in [4.69, 9.17) is 9.47 Å². The molecule has 1 aliphatic heterocycles. The Morgan fingerprint density at radius 3 is 3.24 bits per heavy atom. The summed E-state index contributed by atoms with van der Waals surface area (Å²) in [7, 11) is 1.60. The number of tetrazole rings is 1. The summed E-state index contributed by atoms with van der Waals surface area (Å²) in [5.74, 6) is -0.0521. The van der Waals surface area contributed by atoms with Crippen molar-refractivity contribution in [2.75, 3.05) is 26.9 Å². The number of carbonyl (C=O) groups is 1. The molecule has 0 saturated carbocycles. The molecular formula is C12H21N5O3S. The molecule has 1 aromatic rings. The van der Waals surface area contributed by atoms with E-state index in [0.717, 1.165) is 19.4 Å². The molecule has 1 N–H and O–H groups in total. The molecule has 2 heterocycles. The first-order valence-corrected chi connectivity index (χ1v) is 7.89. The fourth-order valence-corrected chi connectivity index (χ4v) is 2.83.